The van der Waals surface area contributed by atoms with Crippen LogP contribution in [-0.4, -0.2) is 37.5 Å². The van der Waals surface area contributed by atoms with Gasteiger partial charge in [-0.15, -0.1) is 0 Å². The lowest BCUT2D eigenvalue weighted by Gasteiger charge is -2.28. The van der Waals surface area contributed by atoms with Crippen LogP contribution in [0.3, 0.4) is 0 Å². The van der Waals surface area contributed by atoms with Gasteiger partial charge in [0.1, 0.15) is 0 Å². The van der Waals surface area contributed by atoms with Crippen molar-refractivity contribution in [1.29, 1.82) is 0 Å². The highest BCUT2D eigenvalue weighted by molar-refractivity contribution is 5.06. The van der Waals surface area contributed by atoms with E-state index in [1.807, 2.05) is 6.92 Å². The number of nitrogens with one attached hydrogen (secondary N) is 1. The fourth-order valence-electron chi connectivity index (χ4n) is 2.80. The summed E-state index contributed by atoms with van der Waals surface area (Å²) in [7, 11) is 1.67. The van der Waals surface area contributed by atoms with Crippen LogP contribution < -0.4 is 5.32 Å². The van der Waals surface area contributed by atoms with E-state index >= 15 is 0 Å². The molecule has 1 aliphatic carbocycles. The van der Waals surface area contributed by atoms with E-state index < -0.39 is 5.60 Å². The largest absolute Gasteiger partial charge is 0.389 e. The molecule has 0 heterocycles. The second kappa shape index (κ2) is 7.27. The Morgan fingerprint density at radius 1 is 1.56 bits per heavy atom. The normalized spacial score (nSPS) is 27.7. The molecule has 1 rings (SSSR count). The van der Waals surface area contributed by atoms with Gasteiger partial charge < -0.3 is 15.2 Å². The van der Waals surface area contributed by atoms with Crippen LogP contribution in [0.2, 0.25) is 0 Å². The maximum Gasteiger partial charge on any atom is 0.0765 e. The Morgan fingerprint density at radius 2 is 2.28 bits per heavy atom. The molecule has 3 unspecified atom stereocenters. The third kappa shape index (κ3) is 5.98. The van der Waals surface area contributed by atoms with E-state index in [1.165, 1.54) is 18.4 Å². The maximum absolute atomic E-state index is 10.1. The summed E-state index contributed by atoms with van der Waals surface area (Å²) < 4.78 is 5.01. The number of rotatable bonds is 7. The van der Waals surface area contributed by atoms with Gasteiger partial charge in [-0.2, -0.15) is 0 Å². The van der Waals surface area contributed by atoms with Gasteiger partial charge in [0.15, 0.2) is 0 Å². The van der Waals surface area contributed by atoms with Crippen LogP contribution in [0.25, 0.3) is 0 Å². The lowest BCUT2D eigenvalue weighted by atomic mass is 9.83. The van der Waals surface area contributed by atoms with E-state index in [1.54, 1.807) is 7.11 Å². The molecule has 0 aromatic rings. The fourth-order valence-corrected chi connectivity index (χ4v) is 2.80. The zero-order valence-corrected chi connectivity index (χ0v) is 12.3. The van der Waals surface area contributed by atoms with Crippen molar-refractivity contribution in [2.24, 2.45) is 11.8 Å². The monoisotopic (exact) mass is 255 g/mol. The Balaban J connectivity index is 2.23. The quantitative estimate of drug-likeness (QED) is 0.686. The Bertz CT molecular complexity index is 274. The van der Waals surface area contributed by atoms with Crippen LogP contribution in [0.1, 0.15) is 40.0 Å². The SMILES string of the molecule is COCCC(C)(O)CNCC1CC(C)=CC(C)C1. The molecule has 2 N–H and O–H groups in total. The van der Waals surface area contributed by atoms with Crippen molar-refractivity contribution in [1.82, 2.24) is 5.32 Å². The lowest BCUT2D eigenvalue weighted by molar-refractivity contribution is 0.0242. The third-order valence-electron chi connectivity index (χ3n) is 3.67. The molecular weight excluding hydrogens is 226 g/mol. The predicted molar refractivity (Wildman–Crippen MR) is 75.6 cm³/mol. The van der Waals surface area contributed by atoms with Crippen LogP contribution in [0.5, 0.6) is 0 Å². The number of aliphatic hydroxyl groups is 1. The van der Waals surface area contributed by atoms with E-state index in [0.717, 1.165) is 6.54 Å². The first-order valence-corrected chi connectivity index (χ1v) is 7.02. The molecule has 0 aromatic carbocycles. The molecule has 1 aliphatic rings. The van der Waals surface area contributed by atoms with Gasteiger partial charge in [-0.1, -0.05) is 18.6 Å². The molecule has 0 spiro atoms. The highest BCUT2D eigenvalue weighted by atomic mass is 16.5. The number of ether oxygens (including phenoxy) is 1. The van der Waals surface area contributed by atoms with Crippen molar-refractivity contribution >= 4 is 0 Å². The van der Waals surface area contributed by atoms with Crippen molar-refractivity contribution in [3.8, 4) is 0 Å². The molecule has 0 fully saturated rings. The highest BCUT2D eigenvalue weighted by Gasteiger charge is 2.22. The predicted octanol–water partition coefficient (Wildman–Crippen LogP) is 2.36. The second-order valence-corrected chi connectivity index (χ2v) is 6.17. The first kappa shape index (κ1) is 15.7. The highest BCUT2D eigenvalue weighted by Crippen LogP contribution is 2.27. The molecule has 3 heteroatoms. The Morgan fingerprint density at radius 3 is 2.89 bits per heavy atom. The van der Waals surface area contributed by atoms with Crippen molar-refractivity contribution < 1.29 is 9.84 Å². The fraction of sp³-hybridized carbons (Fsp3) is 0.867. The molecule has 0 saturated heterocycles. The average Bonchev–Trinajstić information content (AvgIpc) is 2.25. The van der Waals surface area contributed by atoms with Crippen molar-refractivity contribution in [3.63, 3.8) is 0 Å². The Kier molecular flexibility index (Phi) is 6.33. The smallest absolute Gasteiger partial charge is 0.0765 e. The van der Waals surface area contributed by atoms with Crippen LogP contribution in [0, 0.1) is 11.8 Å². The molecule has 0 amide bonds. The van der Waals surface area contributed by atoms with Crippen molar-refractivity contribution in [3.05, 3.63) is 11.6 Å². The van der Waals surface area contributed by atoms with Crippen LogP contribution in [0.4, 0.5) is 0 Å². The number of allylic oxidation sites excluding steroid dienone is 2. The first-order chi connectivity index (χ1) is 8.43. The van der Waals surface area contributed by atoms with Gasteiger partial charge >= 0.3 is 0 Å². The average molecular weight is 255 g/mol. The van der Waals surface area contributed by atoms with E-state index in [4.69, 9.17) is 4.74 Å². The van der Waals surface area contributed by atoms with E-state index in [9.17, 15) is 5.11 Å². The van der Waals surface area contributed by atoms with E-state index in [0.29, 0.717) is 31.4 Å². The molecule has 0 saturated carbocycles. The number of hydrogen-bond acceptors (Lipinski definition) is 3. The third-order valence-corrected chi connectivity index (χ3v) is 3.67. The van der Waals surface area contributed by atoms with Gasteiger partial charge in [0.25, 0.3) is 0 Å². The molecule has 3 atom stereocenters. The molecule has 106 valence electrons. The summed E-state index contributed by atoms with van der Waals surface area (Å²) in [6, 6.07) is 0. The van der Waals surface area contributed by atoms with Gasteiger partial charge in [0, 0.05) is 26.7 Å². The van der Waals surface area contributed by atoms with Crippen LogP contribution in [0.15, 0.2) is 11.6 Å². The maximum atomic E-state index is 10.1. The van der Waals surface area contributed by atoms with Crippen LogP contribution in [-0.2, 0) is 4.74 Å². The lowest BCUT2D eigenvalue weighted by Crippen LogP contribution is -2.40. The molecule has 3 nitrogen and oxygen atoms in total. The Hall–Kier alpha value is -0.380. The van der Waals surface area contributed by atoms with Crippen LogP contribution >= 0.6 is 0 Å². The molecular formula is C15H29NO2. The summed E-state index contributed by atoms with van der Waals surface area (Å²) in [6.07, 6.45) is 5.50. The molecule has 0 aliphatic heterocycles. The van der Waals surface area contributed by atoms with Gasteiger partial charge in [0.2, 0.25) is 0 Å². The van der Waals surface area contributed by atoms with Crippen molar-refractivity contribution in [2.75, 3.05) is 26.8 Å². The van der Waals surface area contributed by atoms with Gasteiger partial charge in [-0.25, -0.2) is 0 Å². The Labute approximate surface area is 112 Å². The minimum absolute atomic E-state index is 0.608. The minimum atomic E-state index is -0.665. The molecule has 0 radical (unpaired) electrons. The number of methoxy groups -OCH3 is 1. The van der Waals surface area contributed by atoms with E-state index in [2.05, 4.69) is 25.2 Å². The summed E-state index contributed by atoms with van der Waals surface area (Å²) in [5, 5.41) is 13.5. The molecule has 0 aromatic heterocycles. The number of hydrogen-bond donors (Lipinski definition) is 2. The zero-order chi connectivity index (χ0) is 13.6. The summed E-state index contributed by atoms with van der Waals surface area (Å²) in [5.74, 6) is 1.41. The summed E-state index contributed by atoms with van der Waals surface area (Å²) in [6.45, 7) is 8.62. The molecule has 0 bridgehead atoms. The summed E-state index contributed by atoms with van der Waals surface area (Å²) in [5.41, 5.74) is 0.841. The van der Waals surface area contributed by atoms with E-state index in [-0.39, 0.29) is 0 Å². The minimum Gasteiger partial charge on any atom is -0.389 e. The second-order valence-electron chi connectivity index (χ2n) is 6.17. The molecule has 18 heavy (non-hydrogen) atoms. The van der Waals surface area contributed by atoms with Gasteiger partial charge in [-0.3, -0.25) is 0 Å². The zero-order valence-electron chi connectivity index (χ0n) is 12.3. The first-order valence-electron chi connectivity index (χ1n) is 7.02. The standard InChI is InChI=1S/C15H29NO2/c1-12-7-13(2)9-14(8-12)10-16-11-15(3,17)5-6-18-4/h7,12,14,16-17H,5-6,8-11H2,1-4H3. The summed E-state index contributed by atoms with van der Waals surface area (Å²) in [4.78, 5) is 0. The van der Waals surface area contributed by atoms with Crippen molar-refractivity contribution in [2.45, 2.75) is 45.6 Å². The summed E-state index contributed by atoms with van der Waals surface area (Å²) >= 11 is 0. The van der Waals surface area contributed by atoms with Gasteiger partial charge in [0.05, 0.1) is 5.60 Å². The topological polar surface area (TPSA) is 41.5 Å². The van der Waals surface area contributed by atoms with Gasteiger partial charge in [-0.05, 0) is 45.1 Å².